The van der Waals surface area contributed by atoms with Crippen LogP contribution in [0, 0.1) is 13.8 Å². The predicted molar refractivity (Wildman–Crippen MR) is 68.2 cm³/mol. The first-order valence-electron chi connectivity index (χ1n) is 5.43. The van der Waals surface area contributed by atoms with Gasteiger partial charge in [0.05, 0.1) is 14.2 Å². The molecule has 0 aromatic heterocycles. The van der Waals surface area contributed by atoms with Gasteiger partial charge in [-0.1, -0.05) is 6.07 Å². The van der Waals surface area contributed by atoms with Crippen LogP contribution in [0.25, 0.3) is 10.8 Å². The van der Waals surface area contributed by atoms with Crippen LogP contribution in [0.3, 0.4) is 0 Å². The van der Waals surface area contributed by atoms with Crippen molar-refractivity contribution in [3.05, 3.63) is 29.3 Å². The summed E-state index contributed by atoms with van der Waals surface area (Å²) in [5.41, 5.74) is 1.99. The number of hydrogen-bond donors (Lipinski definition) is 1. The molecule has 0 radical (unpaired) electrons. The van der Waals surface area contributed by atoms with Crippen molar-refractivity contribution < 1.29 is 14.6 Å². The van der Waals surface area contributed by atoms with E-state index >= 15 is 0 Å². The molecule has 0 aliphatic carbocycles. The van der Waals surface area contributed by atoms with Crippen LogP contribution in [-0.2, 0) is 0 Å². The highest BCUT2D eigenvalue weighted by Crippen LogP contribution is 2.40. The molecule has 0 heterocycles. The van der Waals surface area contributed by atoms with Crippen molar-refractivity contribution >= 4 is 10.8 Å². The van der Waals surface area contributed by atoms with Crippen LogP contribution in [0.2, 0.25) is 0 Å². The molecule has 3 heteroatoms. The zero-order valence-corrected chi connectivity index (χ0v) is 10.5. The van der Waals surface area contributed by atoms with E-state index in [4.69, 9.17) is 9.47 Å². The number of methoxy groups -OCH3 is 2. The molecule has 0 spiro atoms. The monoisotopic (exact) mass is 232 g/mol. The second kappa shape index (κ2) is 4.17. The van der Waals surface area contributed by atoms with E-state index in [1.54, 1.807) is 26.4 Å². The van der Waals surface area contributed by atoms with Gasteiger partial charge in [0.25, 0.3) is 0 Å². The molecule has 2 aromatic rings. The van der Waals surface area contributed by atoms with Gasteiger partial charge in [-0.15, -0.1) is 0 Å². The molecule has 0 saturated carbocycles. The summed E-state index contributed by atoms with van der Waals surface area (Å²) in [5.74, 6) is 1.62. The van der Waals surface area contributed by atoms with Crippen molar-refractivity contribution in [2.45, 2.75) is 13.8 Å². The van der Waals surface area contributed by atoms with Crippen LogP contribution >= 0.6 is 0 Å². The Bertz CT molecular complexity index is 573. The molecule has 17 heavy (non-hydrogen) atoms. The Balaban J connectivity index is 2.90. The van der Waals surface area contributed by atoms with E-state index in [0.29, 0.717) is 11.5 Å². The lowest BCUT2D eigenvalue weighted by Gasteiger charge is -2.14. The highest BCUT2D eigenvalue weighted by atomic mass is 16.5. The van der Waals surface area contributed by atoms with E-state index in [0.717, 1.165) is 21.9 Å². The largest absolute Gasteiger partial charge is 0.507 e. The standard InChI is InChI=1S/C14H16O3/c1-8-5-10-9(2)14(17-4)13(16-3)7-11(10)12(15)6-8/h5-7,15H,1-4H3. The van der Waals surface area contributed by atoms with E-state index in [2.05, 4.69) is 0 Å². The number of ether oxygens (including phenoxy) is 2. The number of fused-ring (bicyclic) bond motifs is 1. The first-order valence-corrected chi connectivity index (χ1v) is 5.43. The van der Waals surface area contributed by atoms with Crippen LogP contribution in [0.15, 0.2) is 18.2 Å². The zero-order chi connectivity index (χ0) is 12.6. The van der Waals surface area contributed by atoms with Crippen LogP contribution in [-0.4, -0.2) is 19.3 Å². The van der Waals surface area contributed by atoms with Crippen molar-refractivity contribution in [2.24, 2.45) is 0 Å². The first-order chi connectivity index (χ1) is 8.08. The van der Waals surface area contributed by atoms with Gasteiger partial charge < -0.3 is 14.6 Å². The van der Waals surface area contributed by atoms with Gasteiger partial charge in [0, 0.05) is 10.9 Å². The average Bonchev–Trinajstić information content (AvgIpc) is 2.30. The lowest BCUT2D eigenvalue weighted by molar-refractivity contribution is 0.354. The maximum absolute atomic E-state index is 9.96. The third kappa shape index (κ3) is 1.78. The van der Waals surface area contributed by atoms with E-state index < -0.39 is 0 Å². The Hall–Kier alpha value is -1.90. The quantitative estimate of drug-likeness (QED) is 0.864. The molecular formula is C14H16O3. The van der Waals surface area contributed by atoms with Crippen LogP contribution in [0.1, 0.15) is 11.1 Å². The summed E-state index contributed by atoms with van der Waals surface area (Å²) in [6, 6.07) is 5.58. The lowest BCUT2D eigenvalue weighted by atomic mass is 10.0. The topological polar surface area (TPSA) is 38.7 Å². The number of phenolic OH excluding ortho intramolecular Hbond substituents is 1. The minimum atomic E-state index is 0.268. The van der Waals surface area contributed by atoms with Crippen LogP contribution in [0.5, 0.6) is 17.2 Å². The summed E-state index contributed by atoms with van der Waals surface area (Å²) in [4.78, 5) is 0. The zero-order valence-electron chi connectivity index (χ0n) is 10.5. The van der Waals surface area contributed by atoms with Crippen molar-refractivity contribution in [1.82, 2.24) is 0 Å². The molecule has 0 fully saturated rings. The summed E-state index contributed by atoms with van der Waals surface area (Å²) >= 11 is 0. The second-order valence-electron chi connectivity index (χ2n) is 4.12. The number of phenols is 1. The van der Waals surface area contributed by atoms with Gasteiger partial charge >= 0.3 is 0 Å². The molecule has 0 aliphatic rings. The Morgan fingerprint density at radius 2 is 1.65 bits per heavy atom. The molecular weight excluding hydrogens is 216 g/mol. The third-order valence-corrected chi connectivity index (χ3v) is 2.97. The summed E-state index contributed by atoms with van der Waals surface area (Å²) in [7, 11) is 3.21. The van der Waals surface area contributed by atoms with Gasteiger partial charge in [0.2, 0.25) is 0 Å². The summed E-state index contributed by atoms with van der Waals surface area (Å²) < 4.78 is 10.6. The number of rotatable bonds is 2. The summed E-state index contributed by atoms with van der Waals surface area (Å²) in [6.07, 6.45) is 0. The molecule has 0 saturated heterocycles. The fourth-order valence-electron chi connectivity index (χ4n) is 2.15. The number of benzene rings is 2. The third-order valence-electron chi connectivity index (χ3n) is 2.97. The maximum Gasteiger partial charge on any atom is 0.164 e. The molecule has 0 unspecified atom stereocenters. The van der Waals surface area contributed by atoms with Gasteiger partial charge in [-0.05, 0) is 36.9 Å². The van der Waals surface area contributed by atoms with Gasteiger partial charge in [0.1, 0.15) is 5.75 Å². The fourth-order valence-corrected chi connectivity index (χ4v) is 2.15. The minimum absolute atomic E-state index is 0.268. The number of aromatic hydroxyl groups is 1. The minimum Gasteiger partial charge on any atom is -0.507 e. The Morgan fingerprint density at radius 1 is 0.941 bits per heavy atom. The van der Waals surface area contributed by atoms with Crippen molar-refractivity contribution in [3.8, 4) is 17.2 Å². The highest BCUT2D eigenvalue weighted by molar-refractivity contribution is 5.94. The van der Waals surface area contributed by atoms with Crippen LogP contribution < -0.4 is 9.47 Å². The van der Waals surface area contributed by atoms with Crippen LogP contribution in [0.4, 0.5) is 0 Å². The van der Waals surface area contributed by atoms with Gasteiger partial charge in [0.15, 0.2) is 11.5 Å². The lowest BCUT2D eigenvalue weighted by Crippen LogP contribution is -1.94. The molecule has 1 N–H and O–H groups in total. The highest BCUT2D eigenvalue weighted by Gasteiger charge is 2.13. The molecule has 0 aliphatic heterocycles. The first kappa shape index (κ1) is 11.6. The molecule has 0 atom stereocenters. The van der Waals surface area contributed by atoms with Gasteiger partial charge in [-0.3, -0.25) is 0 Å². The predicted octanol–water partition coefficient (Wildman–Crippen LogP) is 3.18. The summed E-state index contributed by atoms with van der Waals surface area (Å²) in [5, 5.41) is 11.7. The van der Waals surface area contributed by atoms with Crippen molar-refractivity contribution in [1.29, 1.82) is 0 Å². The van der Waals surface area contributed by atoms with E-state index in [1.807, 2.05) is 19.9 Å². The van der Waals surface area contributed by atoms with Crippen molar-refractivity contribution in [2.75, 3.05) is 14.2 Å². The van der Waals surface area contributed by atoms with E-state index in [9.17, 15) is 5.11 Å². The molecule has 90 valence electrons. The molecule has 2 aromatic carbocycles. The Morgan fingerprint density at radius 3 is 2.24 bits per heavy atom. The Kier molecular flexibility index (Phi) is 2.84. The van der Waals surface area contributed by atoms with E-state index in [1.165, 1.54) is 0 Å². The molecule has 0 amide bonds. The average molecular weight is 232 g/mol. The number of aryl methyl sites for hydroxylation is 2. The smallest absolute Gasteiger partial charge is 0.164 e. The second-order valence-corrected chi connectivity index (χ2v) is 4.12. The van der Waals surface area contributed by atoms with Gasteiger partial charge in [-0.2, -0.15) is 0 Å². The van der Waals surface area contributed by atoms with Gasteiger partial charge in [-0.25, -0.2) is 0 Å². The SMILES string of the molecule is COc1cc2c(O)cc(C)cc2c(C)c1OC. The molecule has 0 bridgehead atoms. The maximum atomic E-state index is 9.96. The van der Waals surface area contributed by atoms with Crippen molar-refractivity contribution in [3.63, 3.8) is 0 Å². The fraction of sp³-hybridized carbons (Fsp3) is 0.286. The Labute approximate surface area is 101 Å². The normalized spacial score (nSPS) is 10.6. The summed E-state index contributed by atoms with van der Waals surface area (Å²) in [6.45, 7) is 3.91. The number of hydrogen-bond acceptors (Lipinski definition) is 3. The van der Waals surface area contributed by atoms with E-state index in [-0.39, 0.29) is 5.75 Å². The molecule has 3 nitrogen and oxygen atoms in total. The molecule has 2 rings (SSSR count).